The highest BCUT2D eigenvalue weighted by molar-refractivity contribution is 5.98. The van der Waals surface area contributed by atoms with Crippen molar-refractivity contribution in [3.8, 4) is 0 Å². The van der Waals surface area contributed by atoms with Crippen LogP contribution in [0.5, 0.6) is 0 Å². The van der Waals surface area contributed by atoms with Gasteiger partial charge in [0.05, 0.1) is 37.4 Å². The standard InChI is InChI=1S/C30H36N2O10/c1-3-39-29(37)27(21-11-15-25(35)41-21)19-9-5-7-17-31(19)23(33)13-14-24(34)32-18-8-6-10-20(32)28(30(38)40-4-2)22-12-16-26(36)42-22/h9-10H,3-8,11-18H2,1-2H3/b27-21-,28-22+. The maximum absolute atomic E-state index is 13.5. The first kappa shape index (κ1) is 30.7. The topological polar surface area (TPSA) is 146 Å². The second kappa shape index (κ2) is 14.1. The van der Waals surface area contributed by atoms with Gasteiger partial charge in [0.1, 0.15) is 22.7 Å². The van der Waals surface area contributed by atoms with E-state index in [0.717, 1.165) is 0 Å². The molecule has 4 aliphatic heterocycles. The second-order valence-corrected chi connectivity index (χ2v) is 10.0. The van der Waals surface area contributed by atoms with Crippen LogP contribution >= 0.6 is 0 Å². The van der Waals surface area contributed by atoms with Crippen molar-refractivity contribution in [2.24, 2.45) is 0 Å². The summed E-state index contributed by atoms with van der Waals surface area (Å²) in [7, 11) is 0. The molecule has 0 aliphatic carbocycles. The van der Waals surface area contributed by atoms with Crippen LogP contribution in [0.4, 0.5) is 0 Å². The van der Waals surface area contributed by atoms with Gasteiger partial charge in [-0.1, -0.05) is 12.2 Å². The molecule has 0 N–H and O–H groups in total. The molecule has 12 heteroatoms. The molecular weight excluding hydrogens is 548 g/mol. The molecule has 0 saturated carbocycles. The highest BCUT2D eigenvalue weighted by Crippen LogP contribution is 2.33. The smallest absolute Gasteiger partial charge is 0.343 e. The van der Waals surface area contributed by atoms with Gasteiger partial charge in [-0.3, -0.25) is 19.2 Å². The summed E-state index contributed by atoms with van der Waals surface area (Å²) in [5, 5.41) is 0. The number of nitrogens with zero attached hydrogens (tertiary/aromatic N) is 2. The molecule has 0 aromatic heterocycles. The van der Waals surface area contributed by atoms with Crippen molar-refractivity contribution >= 4 is 35.7 Å². The van der Waals surface area contributed by atoms with Crippen molar-refractivity contribution < 1.29 is 47.7 Å². The van der Waals surface area contributed by atoms with Gasteiger partial charge in [0, 0.05) is 38.8 Å². The Balaban J connectivity index is 1.52. The Morgan fingerprint density at radius 1 is 0.690 bits per heavy atom. The van der Waals surface area contributed by atoms with Gasteiger partial charge < -0.3 is 28.7 Å². The summed E-state index contributed by atoms with van der Waals surface area (Å²) >= 11 is 0. The minimum atomic E-state index is -0.681. The van der Waals surface area contributed by atoms with Crippen molar-refractivity contribution in [1.82, 2.24) is 9.80 Å². The quantitative estimate of drug-likeness (QED) is 0.225. The number of cyclic esters (lactones) is 2. The molecule has 42 heavy (non-hydrogen) atoms. The number of rotatable bonds is 9. The molecule has 0 aromatic rings. The average molecular weight is 585 g/mol. The molecule has 4 heterocycles. The van der Waals surface area contributed by atoms with E-state index in [2.05, 4.69) is 0 Å². The summed E-state index contributed by atoms with van der Waals surface area (Å²) in [4.78, 5) is 79.3. The number of carbonyl (C=O) groups is 6. The fraction of sp³-hybridized carbons (Fsp3) is 0.533. The molecule has 2 fully saturated rings. The first-order valence-electron chi connectivity index (χ1n) is 14.5. The molecule has 2 saturated heterocycles. The highest BCUT2D eigenvalue weighted by atomic mass is 16.6. The number of amides is 2. The molecule has 4 rings (SSSR count). The Hall–Kier alpha value is -4.22. The van der Waals surface area contributed by atoms with Gasteiger partial charge in [-0.05, 0) is 39.5 Å². The summed E-state index contributed by atoms with van der Waals surface area (Å²) in [6, 6.07) is 0. The van der Waals surface area contributed by atoms with E-state index in [1.54, 1.807) is 26.0 Å². The van der Waals surface area contributed by atoms with Crippen LogP contribution in [0.1, 0.15) is 78.1 Å². The molecule has 12 nitrogen and oxygen atoms in total. The Bertz CT molecular complexity index is 1190. The maximum atomic E-state index is 13.5. The summed E-state index contributed by atoms with van der Waals surface area (Å²) < 4.78 is 21.0. The monoisotopic (exact) mass is 584 g/mol. The summed E-state index contributed by atoms with van der Waals surface area (Å²) in [6.45, 7) is 4.18. The molecule has 0 spiro atoms. The lowest BCUT2D eigenvalue weighted by molar-refractivity contribution is -0.141. The lowest BCUT2D eigenvalue weighted by Crippen LogP contribution is -2.38. The van der Waals surface area contributed by atoms with Crippen molar-refractivity contribution in [1.29, 1.82) is 0 Å². The first-order valence-corrected chi connectivity index (χ1v) is 14.5. The predicted molar refractivity (Wildman–Crippen MR) is 145 cm³/mol. The minimum Gasteiger partial charge on any atom is -0.462 e. The van der Waals surface area contributed by atoms with Crippen LogP contribution in [0.2, 0.25) is 0 Å². The van der Waals surface area contributed by atoms with Crippen LogP contribution in [-0.4, -0.2) is 71.8 Å². The van der Waals surface area contributed by atoms with E-state index >= 15 is 0 Å². The van der Waals surface area contributed by atoms with Crippen LogP contribution in [0.25, 0.3) is 0 Å². The first-order chi connectivity index (χ1) is 20.2. The number of allylic oxidation sites excluding steroid dienone is 4. The lowest BCUT2D eigenvalue weighted by atomic mass is 10.0. The number of hydrogen-bond donors (Lipinski definition) is 0. The van der Waals surface area contributed by atoms with E-state index < -0.39 is 23.9 Å². The molecule has 2 amide bonds. The van der Waals surface area contributed by atoms with E-state index in [0.29, 0.717) is 50.2 Å². The summed E-state index contributed by atoms with van der Waals surface area (Å²) in [6.07, 6.45) is 6.42. The number of ether oxygens (including phenoxy) is 4. The van der Waals surface area contributed by atoms with Gasteiger partial charge in [0.2, 0.25) is 11.8 Å². The fourth-order valence-corrected chi connectivity index (χ4v) is 5.30. The molecule has 0 radical (unpaired) electrons. The van der Waals surface area contributed by atoms with Gasteiger partial charge in [-0.2, -0.15) is 0 Å². The number of hydrogen-bond acceptors (Lipinski definition) is 10. The number of esters is 4. The van der Waals surface area contributed by atoms with E-state index in [4.69, 9.17) is 18.9 Å². The molecule has 0 aromatic carbocycles. The fourth-order valence-electron chi connectivity index (χ4n) is 5.30. The van der Waals surface area contributed by atoms with Gasteiger partial charge in [-0.25, -0.2) is 9.59 Å². The van der Waals surface area contributed by atoms with Gasteiger partial charge >= 0.3 is 23.9 Å². The lowest BCUT2D eigenvalue weighted by Gasteiger charge is -2.32. The molecular formula is C30H36N2O10. The Morgan fingerprint density at radius 2 is 1.10 bits per heavy atom. The molecule has 0 bridgehead atoms. The maximum Gasteiger partial charge on any atom is 0.343 e. The zero-order valence-electron chi connectivity index (χ0n) is 24.0. The average Bonchev–Trinajstić information content (AvgIpc) is 3.60. The SMILES string of the molecule is CCOC(=O)/C(C1=CCCCN1C(=O)CCC(=O)N1CCCC=C1/C(C(=O)OCC)=C1/CCC(=O)O1)=C1/CCC(=O)O1. The third-order valence-corrected chi connectivity index (χ3v) is 7.20. The molecule has 4 aliphatic rings. The van der Waals surface area contributed by atoms with Crippen molar-refractivity contribution in [3.05, 3.63) is 46.2 Å². The van der Waals surface area contributed by atoms with Crippen molar-refractivity contribution in [2.45, 2.75) is 78.1 Å². The van der Waals surface area contributed by atoms with Crippen molar-refractivity contribution in [3.63, 3.8) is 0 Å². The van der Waals surface area contributed by atoms with Crippen LogP contribution in [-0.2, 0) is 47.7 Å². The van der Waals surface area contributed by atoms with E-state index in [1.807, 2.05) is 0 Å². The largest absolute Gasteiger partial charge is 0.462 e. The van der Waals surface area contributed by atoms with Crippen LogP contribution in [0.15, 0.2) is 46.2 Å². The molecule has 0 unspecified atom stereocenters. The minimum absolute atomic E-state index is 0.0557. The summed E-state index contributed by atoms with van der Waals surface area (Å²) in [5.41, 5.74) is 0.746. The third kappa shape index (κ3) is 6.97. The second-order valence-electron chi connectivity index (χ2n) is 10.0. The predicted octanol–water partition coefficient (Wildman–Crippen LogP) is 3.09. The van der Waals surface area contributed by atoms with Crippen molar-refractivity contribution in [2.75, 3.05) is 26.3 Å². The van der Waals surface area contributed by atoms with Crippen LogP contribution in [0.3, 0.4) is 0 Å². The zero-order valence-corrected chi connectivity index (χ0v) is 24.0. The third-order valence-electron chi connectivity index (χ3n) is 7.20. The Kier molecular flexibility index (Phi) is 10.3. The number of carbonyl (C=O) groups excluding carboxylic acids is 6. The van der Waals surface area contributed by atoms with E-state index in [1.165, 1.54) is 9.80 Å². The van der Waals surface area contributed by atoms with Gasteiger partial charge in [0.25, 0.3) is 0 Å². The van der Waals surface area contributed by atoms with E-state index in [9.17, 15) is 28.8 Å². The van der Waals surface area contributed by atoms with Gasteiger partial charge in [0.15, 0.2) is 0 Å². The van der Waals surface area contributed by atoms with Crippen LogP contribution in [0, 0.1) is 0 Å². The normalized spacial score (nSPS) is 21.2. The molecule has 0 atom stereocenters. The van der Waals surface area contributed by atoms with E-state index in [-0.39, 0.29) is 86.2 Å². The Labute approximate surface area is 243 Å². The molecule has 226 valence electrons. The van der Waals surface area contributed by atoms with Gasteiger partial charge in [-0.15, -0.1) is 0 Å². The Morgan fingerprint density at radius 3 is 1.43 bits per heavy atom. The zero-order chi connectivity index (χ0) is 30.2. The van der Waals surface area contributed by atoms with Crippen LogP contribution < -0.4 is 0 Å². The summed E-state index contributed by atoms with van der Waals surface area (Å²) in [5.74, 6) is -2.68. The highest BCUT2D eigenvalue weighted by Gasteiger charge is 2.36.